The lowest BCUT2D eigenvalue weighted by molar-refractivity contribution is 0.275. The van der Waals surface area contributed by atoms with Crippen molar-refractivity contribution in [2.75, 3.05) is 5.32 Å². The number of oxazole rings is 1. The van der Waals surface area contributed by atoms with Crippen LogP contribution in [0.4, 0.5) is 5.69 Å². The summed E-state index contributed by atoms with van der Waals surface area (Å²) in [4.78, 5) is 4.61. The van der Waals surface area contributed by atoms with E-state index in [9.17, 15) is 0 Å². The van der Waals surface area contributed by atoms with Gasteiger partial charge in [0.1, 0.15) is 11.3 Å². The van der Waals surface area contributed by atoms with E-state index in [1.807, 2.05) is 31.2 Å². The van der Waals surface area contributed by atoms with Gasteiger partial charge in [0.2, 0.25) is 5.89 Å². The summed E-state index contributed by atoms with van der Waals surface area (Å²) < 4.78 is 11.8. The molecule has 1 atom stereocenters. The van der Waals surface area contributed by atoms with Crippen LogP contribution in [0.25, 0.3) is 33.7 Å². The molecule has 1 N–H and O–H groups in total. The van der Waals surface area contributed by atoms with Crippen LogP contribution < -0.4 is 10.1 Å². The molecule has 1 unspecified atom stereocenters. The topological polar surface area (TPSA) is 47.3 Å². The number of rotatable bonds is 2. The number of hydrogen-bond donors (Lipinski definition) is 1. The van der Waals surface area contributed by atoms with Crippen molar-refractivity contribution in [1.82, 2.24) is 4.98 Å². The maximum atomic E-state index is 6.01. The molecule has 0 bridgehead atoms. The van der Waals surface area contributed by atoms with E-state index in [1.54, 1.807) is 0 Å². The summed E-state index contributed by atoms with van der Waals surface area (Å²) in [7, 11) is 0. The Morgan fingerprint density at radius 3 is 2.46 bits per heavy atom. The van der Waals surface area contributed by atoms with Crippen LogP contribution >= 0.6 is 0 Å². The zero-order valence-electron chi connectivity index (χ0n) is 14.6. The maximum absolute atomic E-state index is 6.01. The predicted octanol–water partition coefficient (Wildman–Crippen LogP) is 5.62. The van der Waals surface area contributed by atoms with Crippen LogP contribution in [0.3, 0.4) is 0 Å². The Balaban J connectivity index is 1.54. The highest BCUT2D eigenvalue weighted by Crippen LogP contribution is 2.36. The fraction of sp³-hybridized carbons (Fsp3) is 0.136. The molecule has 0 fully saturated rings. The molecule has 4 aromatic rings. The van der Waals surface area contributed by atoms with Gasteiger partial charge in [-0.2, -0.15) is 0 Å². The lowest BCUT2D eigenvalue weighted by Gasteiger charge is -2.04. The number of nitrogens with zero attached hydrogens (tertiary/aromatic N) is 1. The summed E-state index contributed by atoms with van der Waals surface area (Å²) in [5, 5.41) is 3.28. The number of nitrogens with one attached hydrogen (secondary N) is 1. The molecule has 0 spiro atoms. The van der Waals surface area contributed by atoms with Gasteiger partial charge < -0.3 is 14.5 Å². The van der Waals surface area contributed by atoms with E-state index in [2.05, 4.69) is 53.6 Å². The second kappa shape index (κ2) is 5.63. The summed E-state index contributed by atoms with van der Waals surface area (Å²) >= 11 is 0. The van der Waals surface area contributed by atoms with Gasteiger partial charge >= 0.3 is 0 Å². The lowest BCUT2D eigenvalue weighted by atomic mass is 10.0. The highest BCUT2D eigenvalue weighted by molar-refractivity contribution is 5.83. The van der Waals surface area contributed by atoms with Crippen molar-refractivity contribution in [2.45, 2.75) is 20.1 Å². The number of fused-ring (bicyclic) bond motifs is 2. The Hall–Kier alpha value is -3.27. The van der Waals surface area contributed by atoms with Crippen molar-refractivity contribution in [1.29, 1.82) is 0 Å². The van der Waals surface area contributed by atoms with Crippen LogP contribution in [0.5, 0.6) is 5.75 Å². The Morgan fingerprint density at radius 2 is 1.62 bits per heavy atom. The third kappa shape index (κ3) is 2.51. The zero-order valence-corrected chi connectivity index (χ0v) is 14.6. The van der Waals surface area contributed by atoms with Crippen molar-refractivity contribution in [2.24, 2.45) is 0 Å². The van der Waals surface area contributed by atoms with E-state index in [0.29, 0.717) is 5.89 Å². The minimum Gasteiger partial charge on any atom is -0.469 e. The van der Waals surface area contributed by atoms with Gasteiger partial charge in [-0.3, -0.25) is 0 Å². The summed E-state index contributed by atoms with van der Waals surface area (Å²) in [6.07, 6.45) is 0.00840. The number of hydrogen-bond acceptors (Lipinski definition) is 4. The number of benzene rings is 3. The lowest BCUT2D eigenvalue weighted by Crippen LogP contribution is -2.13. The largest absolute Gasteiger partial charge is 0.469 e. The Labute approximate surface area is 151 Å². The highest BCUT2D eigenvalue weighted by atomic mass is 16.5. The molecule has 1 aliphatic rings. The number of aromatic nitrogens is 1. The van der Waals surface area contributed by atoms with Gasteiger partial charge in [0.15, 0.2) is 11.8 Å². The smallest absolute Gasteiger partial charge is 0.227 e. The fourth-order valence-corrected chi connectivity index (χ4v) is 3.28. The average Bonchev–Trinajstić information content (AvgIpc) is 3.23. The standard InChI is InChI=1S/C22H18N2O2/c1-13-3-5-15(6-4-13)22-24-19-10-8-17(12-21(19)26-22)16-7-9-18-20(11-16)25-14(2)23-18/h3-12,14,23H,1-2H3. The van der Waals surface area contributed by atoms with Crippen LogP contribution in [0, 0.1) is 6.92 Å². The summed E-state index contributed by atoms with van der Waals surface area (Å²) in [6.45, 7) is 4.06. The van der Waals surface area contributed by atoms with E-state index in [4.69, 9.17) is 9.15 Å². The van der Waals surface area contributed by atoms with Crippen molar-refractivity contribution in [3.05, 3.63) is 66.2 Å². The van der Waals surface area contributed by atoms with Gasteiger partial charge in [0, 0.05) is 5.56 Å². The monoisotopic (exact) mass is 342 g/mol. The Bertz CT molecular complexity index is 1110. The van der Waals surface area contributed by atoms with Crippen LogP contribution in [-0.2, 0) is 0 Å². The van der Waals surface area contributed by atoms with Crippen LogP contribution in [0.15, 0.2) is 65.1 Å². The van der Waals surface area contributed by atoms with E-state index in [0.717, 1.165) is 39.2 Å². The molecule has 1 aromatic heterocycles. The normalized spacial score (nSPS) is 15.5. The van der Waals surface area contributed by atoms with Crippen LogP contribution in [0.1, 0.15) is 12.5 Å². The minimum atomic E-state index is 0.00840. The molecule has 5 rings (SSSR count). The molecule has 26 heavy (non-hydrogen) atoms. The first kappa shape index (κ1) is 15.0. The molecule has 0 saturated heterocycles. The van der Waals surface area contributed by atoms with Crippen molar-refractivity contribution in [3.8, 4) is 28.3 Å². The second-order valence-electron chi connectivity index (χ2n) is 6.68. The summed E-state index contributed by atoms with van der Waals surface area (Å²) in [5.74, 6) is 1.53. The van der Waals surface area contributed by atoms with Gasteiger partial charge in [-0.25, -0.2) is 4.98 Å². The van der Waals surface area contributed by atoms with Crippen molar-refractivity contribution in [3.63, 3.8) is 0 Å². The summed E-state index contributed by atoms with van der Waals surface area (Å²) in [6, 6.07) is 20.5. The SMILES string of the molecule is Cc1ccc(-c2nc3ccc(-c4ccc5c(c4)OC(C)N5)cc3o2)cc1. The quantitative estimate of drug-likeness (QED) is 0.513. The van der Waals surface area contributed by atoms with Crippen molar-refractivity contribution < 1.29 is 9.15 Å². The molecule has 0 amide bonds. The molecule has 128 valence electrons. The van der Waals surface area contributed by atoms with E-state index < -0.39 is 0 Å². The molecule has 4 nitrogen and oxygen atoms in total. The van der Waals surface area contributed by atoms with Gasteiger partial charge in [0.05, 0.1) is 5.69 Å². The van der Waals surface area contributed by atoms with E-state index in [1.165, 1.54) is 5.56 Å². The molecule has 1 aliphatic heterocycles. The van der Waals surface area contributed by atoms with E-state index >= 15 is 0 Å². The maximum Gasteiger partial charge on any atom is 0.227 e. The van der Waals surface area contributed by atoms with Crippen LogP contribution in [0.2, 0.25) is 0 Å². The molecular weight excluding hydrogens is 324 g/mol. The van der Waals surface area contributed by atoms with Gasteiger partial charge in [-0.05, 0) is 61.4 Å². The van der Waals surface area contributed by atoms with Gasteiger partial charge in [-0.1, -0.05) is 29.8 Å². The molecular formula is C22H18N2O2. The molecule has 2 heterocycles. The van der Waals surface area contributed by atoms with Gasteiger partial charge in [-0.15, -0.1) is 0 Å². The fourth-order valence-electron chi connectivity index (χ4n) is 3.28. The molecule has 4 heteroatoms. The first-order valence-electron chi connectivity index (χ1n) is 8.71. The molecule has 0 radical (unpaired) electrons. The Morgan fingerprint density at radius 1 is 0.885 bits per heavy atom. The van der Waals surface area contributed by atoms with Crippen molar-refractivity contribution >= 4 is 16.8 Å². The average molecular weight is 342 g/mol. The number of aryl methyl sites for hydroxylation is 1. The second-order valence-corrected chi connectivity index (χ2v) is 6.68. The van der Waals surface area contributed by atoms with Gasteiger partial charge in [0.25, 0.3) is 0 Å². The number of anilines is 1. The summed E-state index contributed by atoms with van der Waals surface area (Å²) in [5.41, 5.74) is 7.05. The third-order valence-corrected chi connectivity index (χ3v) is 4.66. The highest BCUT2D eigenvalue weighted by Gasteiger charge is 2.18. The molecule has 3 aromatic carbocycles. The van der Waals surface area contributed by atoms with E-state index in [-0.39, 0.29) is 6.23 Å². The third-order valence-electron chi connectivity index (χ3n) is 4.66. The first-order chi connectivity index (χ1) is 12.7. The zero-order chi connectivity index (χ0) is 17.7. The Kier molecular flexibility index (Phi) is 3.25. The van der Waals surface area contributed by atoms with Crippen LogP contribution in [-0.4, -0.2) is 11.2 Å². The molecule has 0 aliphatic carbocycles. The predicted molar refractivity (Wildman–Crippen MR) is 103 cm³/mol. The minimum absolute atomic E-state index is 0.00840. The first-order valence-corrected chi connectivity index (χ1v) is 8.71. The number of ether oxygens (including phenoxy) is 1. The molecule has 0 saturated carbocycles.